The van der Waals surface area contributed by atoms with Crippen molar-refractivity contribution >= 4 is 64.4 Å². The lowest BCUT2D eigenvalue weighted by Crippen LogP contribution is -2.40. The van der Waals surface area contributed by atoms with Gasteiger partial charge >= 0.3 is 11.9 Å². The van der Waals surface area contributed by atoms with Gasteiger partial charge < -0.3 is 9.84 Å². The number of imide groups is 1. The number of carbonyl (C=O) groups is 4. The summed E-state index contributed by atoms with van der Waals surface area (Å²) >= 11 is 12.6. The smallest absolute Gasteiger partial charge is 0.332 e. The Morgan fingerprint density at radius 2 is 1.83 bits per heavy atom. The molecule has 0 heterocycles. The third-order valence-electron chi connectivity index (χ3n) is 4.37. The summed E-state index contributed by atoms with van der Waals surface area (Å²) in [7, 11) is 1.21. The minimum absolute atomic E-state index is 0.0287. The molecule has 0 bridgehead atoms. The highest BCUT2D eigenvalue weighted by Gasteiger charge is 2.33. The first-order valence-corrected chi connectivity index (χ1v) is 10.7. The Morgan fingerprint density at radius 3 is 2.40 bits per heavy atom. The number of anilines is 1. The molecule has 162 valence electrons. The molecule has 0 atom stereocenters. The maximum absolute atomic E-state index is 14.7. The Bertz CT molecular complexity index is 921. The van der Waals surface area contributed by atoms with Gasteiger partial charge in [0.05, 0.1) is 23.6 Å². The van der Waals surface area contributed by atoms with Gasteiger partial charge in [0, 0.05) is 16.0 Å². The second kappa shape index (κ2) is 10.8. The van der Waals surface area contributed by atoms with Gasteiger partial charge in [0.15, 0.2) is 0 Å². The zero-order chi connectivity index (χ0) is 22.4. The molecule has 1 N–H and O–H groups in total. The fourth-order valence-electron chi connectivity index (χ4n) is 2.93. The second-order valence-corrected chi connectivity index (χ2v) is 7.93. The van der Waals surface area contributed by atoms with Crippen molar-refractivity contribution in [3.05, 3.63) is 34.1 Å². The zero-order valence-corrected chi connectivity index (χ0v) is 18.2. The first-order valence-electron chi connectivity index (χ1n) is 8.78. The summed E-state index contributed by atoms with van der Waals surface area (Å²) in [5, 5.41) is 9.38. The molecular formula is C19H18Cl2FNO6S. The number of thioether (sulfide) groups is 1. The number of carboxylic acids is 1. The average molecular weight is 478 g/mol. The van der Waals surface area contributed by atoms with Gasteiger partial charge in [-0.2, -0.15) is 0 Å². The van der Waals surface area contributed by atoms with E-state index >= 15 is 0 Å². The molecule has 1 aromatic rings. The molecule has 0 radical (unpaired) electrons. The standard InChI is InChI=1S/C19H18Cl2FNO6S/c1-29-17(25)9-30-15-7-14(13(22)6-12(15)21)23(16(24)8-20)18(26)10-4-2-3-5-11(10)19(27)28/h6-7H,2-5,8-9H2,1H3,(H,27,28). The highest BCUT2D eigenvalue weighted by atomic mass is 35.5. The lowest BCUT2D eigenvalue weighted by atomic mass is 9.90. The molecule has 7 nitrogen and oxygen atoms in total. The number of alkyl halides is 1. The van der Waals surface area contributed by atoms with Crippen molar-refractivity contribution in [3.8, 4) is 0 Å². The Balaban J connectivity index is 2.54. The van der Waals surface area contributed by atoms with Crippen LogP contribution in [0, 0.1) is 5.82 Å². The summed E-state index contributed by atoms with van der Waals surface area (Å²) < 4.78 is 19.3. The topological polar surface area (TPSA) is 101 Å². The van der Waals surface area contributed by atoms with E-state index < -0.39 is 41.1 Å². The first kappa shape index (κ1) is 24.2. The molecular weight excluding hydrogens is 460 g/mol. The molecule has 0 unspecified atom stereocenters. The van der Waals surface area contributed by atoms with Gasteiger partial charge in [0.25, 0.3) is 5.91 Å². The fourth-order valence-corrected chi connectivity index (χ4v) is 4.14. The maximum atomic E-state index is 14.7. The fraction of sp³-hybridized carbons (Fsp3) is 0.368. The SMILES string of the molecule is COC(=O)CSc1cc(N(C(=O)CCl)C(=O)C2=C(C(=O)O)CCCC2)c(F)cc1Cl. The summed E-state index contributed by atoms with van der Waals surface area (Å²) in [5.74, 6) is -5.41. The largest absolute Gasteiger partial charge is 0.478 e. The molecule has 30 heavy (non-hydrogen) atoms. The number of aliphatic carboxylic acids is 1. The number of amides is 2. The Kier molecular flexibility index (Phi) is 8.69. The van der Waals surface area contributed by atoms with Crippen molar-refractivity contribution in [1.29, 1.82) is 0 Å². The number of rotatable bonds is 7. The summed E-state index contributed by atoms with van der Waals surface area (Å²) in [5.41, 5.74) is -0.594. The van der Waals surface area contributed by atoms with Crippen molar-refractivity contribution in [2.75, 3.05) is 23.6 Å². The van der Waals surface area contributed by atoms with Crippen molar-refractivity contribution in [2.24, 2.45) is 0 Å². The van der Waals surface area contributed by atoms with Crippen LogP contribution in [-0.4, -0.2) is 47.6 Å². The van der Waals surface area contributed by atoms with E-state index in [1.54, 1.807) is 0 Å². The quantitative estimate of drug-likeness (QED) is 0.362. The van der Waals surface area contributed by atoms with Gasteiger partial charge in [-0.3, -0.25) is 14.4 Å². The van der Waals surface area contributed by atoms with Gasteiger partial charge in [-0.15, -0.1) is 23.4 Å². The molecule has 0 aliphatic heterocycles. The molecule has 0 saturated carbocycles. The highest BCUT2D eigenvalue weighted by Crippen LogP contribution is 2.36. The van der Waals surface area contributed by atoms with Crippen molar-refractivity contribution < 1.29 is 33.4 Å². The maximum Gasteiger partial charge on any atom is 0.332 e. The highest BCUT2D eigenvalue weighted by molar-refractivity contribution is 8.00. The number of carbonyl (C=O) groups excluding carboxylic acids is 3. The van der Waals surface area contributed by atoms with Crippen molar-refractivity contribution in [3.63, 3.8) is 0 Å². The molecule has 2 rings (SSSR count). The van der Waals surface area contributed by atoms with Gasteiger partial charge in [0.1, 0.15) is 11.7 Å². The molecule has 1 aliphatic rings. The molecule has 11 heteroatoms. The zero-order valence-electron chi connectivity index (χ0n) is 15.9. The number of methoxy groups -OCH3 is 1. The molecule has 2 amide bonds. The van der Waals surface area contributed by atoms with Crippen LogP contribution in [0.1, 0.15) is 25.7 Å². The summed E-state index contributed by atoms with van der Waals surface area (Å²) in [6.45, 7) is 0. The van der Waals surface area contributed by atoms with E-state index in [9.17, 15) is 28.7 Å². The molecule has 1 aliphatic carbocycles. The van der Waals surface area contributed by atoms with Crippen LogP contribution in [0.2, 0.25) is 5.02 Å². The predicted molar refractivity (Wildman–Crippen MR) is 110 cm³/mol. The van der Waals surface area contributed by atoms with Crippen LogP contribution < -0.4 is 4.90 Å². The van der Waals surface area contributed by atoms with Gasteiger partial charge in [-0.05, 0) is 37.8 Å². The third-order valence-corrected chi connectivity index (χ3v) is 6.05. The predicted octanol–water partition coefficient (Wildman–Crippen LogP) is 3.80. The average Bonchev–Trinajstić information content (AvgIpc) is 2.73. The van der Waals surface area contributed by atoms with Gasteiger partial charge in [-0.25, -0.2) is 14.1 Å². The van der Waals surface area contributed by atoms with Crippen LogP contribution in [0.4, 0.5) is 10.1 Å². The summed E-state index contributed by atoms with van der Waals surface area (Å²) in [4.78, 5) is 49.3. The van der Waals surface area contributed by atoms with E-state index in [1.807, 2.05) is 0 Å². The second-order valence-electron chi connectivity index (χ2n) is 6.24. The van der Waals surface area contributed by atoms with E-state index in [1.165, 1.54) is 7.11 Å². The van der Waals surface area contributed by atoms with Crippen molar-refractivity contribution in [2.45, 2.75) is 30.6 Å². The number of halogens is 3. The van der Waals surface area contributed by atoms with Gasteiger partial charge in [-0.1, -0.05) is 11.6 Å². The lowest BCUT2D eigenvalue weighted by molar-refractivity contribution is -0.137. The van der Waals surface area contributed by atoms with Gasteiger partial charge in [0.2, 0.25) is 5.91 Å². The summed E-state index contributed by atoms with van der Waals surface area (Å²) in [6.07, 6.45) is 1.46. The van der Waals surface area contributed by atoms with E-state index in [-0.39, 0.29) is 39.7 Å². The Hall–Kier alpha value is -2.10. The van der Waals surface area contributed by atoms with Crippen LogP contribution in [0.25, 0.3) is 0 Å². The molecule has 0 fully saturated rings. The minimum Gasteiger partial charge on any atom is -0.478 e. The molecule has 0 spiro atoms. The normalized spacial score (nSPS) is 13.7. The molecule has 0 aromatic heterocycles. The Morgan fingerprint density at radius 1 is 1.20 bits per heavy atom. The van der Waals surface area contributed by atoms with E-state index in [2.05, 4.69) is 4.74 Å². The number of carboxylic acid groups (broad SMARTS) is 1. The minimum atomic E-state index is -1.26. The first-order chi connectivity index (χ1) is 14.2. The van der Waals surface area contributed by atoms with Crippen LogP contribution in [0.15, 0.2) is 28.2 Å². The van der Waals surface area contributed by atoms with Crippen LogP contribution in [-0.2, 0) is 23.9 Å². The lowest BCUT2D eigenvalue weighted by Gasteiger charge is -2.25. The van der Waals surface area contributed by atoms with Crippen molar-refractivity contribution in [1.82, 2.24) is 0 Å². The molecule has 1 aromatic carbocycles. The van der Waals surface area contributed by atoms with E-state index in [0.29, 0.717) is 17.7 Å². The van der Waals surface area contributed by atoms with Crippen LogP contribution in [0.5, 0.6) is 0 Å². The Labute approximate surface area is 186 Å². The molecule has 0 saturated heterocycles. The number of hydrogen-bond acceptors (Lipinski definition) is 6. The number of hydrogen-bond donors (Lipinski definition) is 1. The van der Waals surface area contributed by atoms with E-state index in [0.717, 1.165) is 23.9 Å². The third kappa shape index (κ3) is 5.53. The number of ether oxygens (including phenoxy) is 1. The monoisotopic (exact) mass is 477 g/mol. The van der Waals surface area contributed by atoms with Crippen LogP contribution >= 0.6 is 35.0 Å². The number of benzene rings is 1. The summed E-state index contributed by atoms with van der Waals surface area (Å²) in [6, 6.07) is 2.06. The van der Waals surface area contributed by atoms with E-state index in [4.69, 9.17) is 23.2 Å². The number of esters is 1. The van der Waals surface area contributed by atoms with Crippen LogP contribution in [0.3, 0.4) is 0 Å². The number of nitrogens with zero attached hydrogens (tertiary/aromatic N) is 1.